The highest BCUT2D eigenvalue weighted by atomic mass is 35.5. The molecule has 2 aromatic carbocycles. The Balaban J connectivity index is 1.57. The molecule has 23 heavy (non-hydrogen) atoms. The Labute approximate surface area is 145 Å². The van der Waals surface area contributed by atoms with Crippen LogP contribution in [0.15, 0.2) is 48.5 Å². The summed E-state index contributed by atoms with van der Waals surface area (Å²) in [7, 11) is 0. The molecule has 0 unspecified atom stereocenters. The third kappa shape index (κ3) is 7.06. The van der Waals surface area contributed by atoms with Crippen LogP contribution in [-0.2, 0) is 17.0 Å². The molecule has 0 aromatic heterocycles. The van der Waals surface area contributed by atoms with Crippen molar-refractivity contribution in [1.82, 2.24) is 5.32 Å². The molecule has 2 aromatic rings. The molecule has 0 spiro atoms. The second kappa shape index (κ2) is 9.58. The van der Waals surface area contributed by atoms with E-state index < -0.39 is 0 Å². The van der Waals surface area contributed by atoms with Gasteiger partial charge >= 0.3 is 0 Å². The van der Waals surface area contributed by atoms with Gasteiger partial charge in [0.1, 0.15) is 5.82 Å². The summed E-state index contributed by atoms with van der Waals surface area (Å²) in [6.07, 6.45) is 1.67. The number of amides is 1. The van der Waals surface area contributed by atoms with E-state index >= 15 is 0 Å². The highest BCUT2D eigenvalue weighted by Crippen LogP contribution is 2.16. The fraction of sp³-hybridized carbons (Fsp3) is 0.278. The van der Waals surface area contributed by atoms with Gasteiger partial charge in [-0.15, -0.1) is 11.8 Å². The SMILES string of the molecule is O=C(CSCc1cccc(Cl)c1)NCCCc1ccc(F)cc1. The van der Waals surface area contributed by atoms with E-state index in [1.165, 1.54) is 12.1 Å². The normalized spacial score (nSPS) is 10.5. The van der Waals surface area contributed by atoms with Gasteiger partial charge in [0, 0.05) is 17.3 Å². The van der Waals surface area contributed by atoms with E-state index in [2.05, 4.69) is 5.32 Å². The van der Waals surface area contributed by atoms with E-state index in [0.29, 0.717) is 17.3 Å². The Hall–Kier alpha value is -1.52. The lowest BCUT2D eigenvalue weighted by atomic mass is 10.1. The Morgan fingerprint density at radius 1 is 1.13 bits per heavy atom. The molecule has 122 valence electrons. The molecule has 5 heteroatoms. The average Bonchev–Trinajstić information content (AvgIpc) is 2.53. The van der Waals surface area contributed by atoms with Crippen LogP contribution in [0.3, 0.4) is 0 Å². The number of benzene rings is 2. The lowest BCUT2D eigenvalue weighted by molar-refractivity contribution is -0.118. The van der Waals surface area contributed by atoms with Gasteiger partial charge in [-0.1, -0.05) is 35.9 Å². The van der Waals surface area contributed by atoms with Crippen molar-refractivity contribution >= 4 is 29.3 Å². The molecule has 0 aliphatic heterocycles. The van der Waals surface area contributed by atoms with Crippen molar-refractivity contribution in [2.45, 2.75) is 18.6 Å². The maximum atomic E-state index is 12.8. The molecule has 2 nitrogen and oxygen atoms in total. The van der Waals surface area contributed by atoms with Gasteiger partial charge in [-0.2, -0.15) is 0 Å². The first kappa shape index (κ1) is 17.8. The number of halogens is 2. The number of carbonyl (C=O) groups excluding carboxylic acids is 1. The summed E-state index contributed by atoms with van der Waals surface area (Å²) >= 11 is 7.49. The zero-order valence-corrected chi connectivity index (χ0v) is 14.3. The van der Waals surface area contributed by atoms with Crippen LogP contribution in [0.5, 0.6) is 0 Å². The van der Waals surface area contributed by atoms with Crippen LogP contribution in [-0.4, -0.2) is 18.2 Å². The molecule has 0 saturated carbocycles. The van der Waals surface area contributed by atoms with Crippen molar-refractivity contribution in [2.24, 2.45) is 0 Å². The molecule has 0 aliphatic rings. The Bertz CT molecular complexity index is 633. The molecular weight excluding hydrogens is 333 g/mol. The summed E-state index contributed by atoms with van der Waals surface area (Å²) in [6, 6.07) is 14.1. The third-order valence-corrected chi connectivity index (χ3v) is 4.51. The van der Waals surface area contributed by atoms with Crippen LogP contribution in [0.25, 0.3) is 0 Å². The lowest BCUT2D eigenvalue weighted by Crippen LogP contribution is -2.26. The molecule has 0 atom stereocenters. The summed E-state index contributed by atoms with van der Waals surface area (Å²) < 4.78 is 12.8. The van der Waals surface area contributed by atoms with E-state index in [1.807, 2.05) is 24.3 Å². The second-order valence-electron chi connectivity index (χ2n) is 5.20. The monoisotopic (exact) mass is 351 g/mol. The number of nitrogens with one attached hydrogen (secondary N) is 1. The van der Waals surface area contributed by atoms with Gasteiger partial charge in [0.15, 0.2) is 0 Å². The Kier molecular flexibility index (Phi) is 7.43. The predicted molar refractivity (Wildman–Crippen MR) is 95.3 cm³/mol. The summed E-state index contributed by atoms with van der Waals surface area (Å²) in [5.74, 6) is 1.02. The molecule has 0 radical (unpaired) electrons. The minimum atomic E-state index is -0.223. The van der Waals surface area contributed by atoms with Crippen LogP contribution in [0, 0.1) is 5.82 Å². The zero-order valence-electron chi connectivity index (χ0n) is 12.7. The summed E-state index contributed by atoms with van der Waals surface area (Å²) in [5.41, 5.74) is 2.20. The summed E-state index contributed by atoms with van der Waals surface area (Å²) in [5, 5.41) is 3.62. The zero-order chi connectivity index (χ0) is 16.5. The molecule has 0 saturated heterocycles. The van der Waals surface area contributed by atoms with Crippen molar-refractivity contribution in [1.29, 1.82) is 0 Å². The largest absolute Gasteiger partial charge is 0.355 e. The minimum Gasteiger partial charge on any atom is -0.355 e. The van der Waals surface area contributed by atoms with E-state index in [1.54, 1.807) is 23.9 Å². The standard InChI is InChI=1S/C18H19ClFNOS/c19-16-5-1-3-15(11-16)12-23-13-18(22)21-10-2-4-14-6-8-17(20)9-7-14/h1,3,5-9,11H,2,4,10,12-13H2,(H,21,22). The van der Waals surface area contributed by atoms with Crippen LogP contribution in [0.4, 0.5) is 4.39 Å². The van der Waals surface area contributed by atoms with E-state index in [4.69, 9.17) is 11.6 Å². The first-order chi connectivity index (χ1) is 11.1. The highest BCUT2D eigenvalue weighted by molar-refractivity contribution is 7.99. The Morgan fingerprint density at radius 3 is 2.65 bits per heavy atom. The number of thioether (sulfide) groups is 1. The fourth-order valence-corrected chi connectivity index (χ4v) is 3.13. The molecule has 1 amide bonds. The molecule has 1 N–H and O–H groups in total. The van der Waals surface area contributed by atoms with Gasteiger partial charge in [0.2, 0.25) is 5.91 Å². The first-order valence-electron chi connectivity index (χ1n) is 7.47. The molecule has 0 aliphatic carbocycles. The van der Waals surface area contributed by atoms with E-state index in [0.717, 1.165) is 29.7 Å². The lowest BCUT2D eigenvalue weighted by Gasteiger charge is -2.06. The Morgan fingerprint density at radius 2 is 1.91 bits per heavy atom. The molecule has 0 bridgehead atoms. The van der Waals surface area contributed by atoms with Gasteiger partial charge in [-0.25, -0.2) is 4.39 Å². The highest BCUT2D eigenvalue weighted by Gasteiger charge is 2.02. The number of hydrogen-bond donors (Lipinski definition) is 1. The quantitative estimate of drug-likeness (QED) is 0.711. The number of hydrogen-bond acceptors (Lipinski definition) is 2. The topological polar surface area (TPSA) is 29.1 Å². The van der Waals surface area contributed by atoms with Crippen LogP contribution < -0.4 is 5.32 Å². The maximum Gasteiger partial charge on any atom is 0.230 e. The van der Waals surface area contributed by atoms with Crippen molar-refractivity contribution < 1.29 is 9.18 Å². The summed E-state index contributed by atoms with van der Waals surface area (Å²) in [4.78, 5) is 11.7. The smallest absolute Gasteiger partial charge is 0.230 e. The van der Waals surface area contributed by atoms with Crippen molar-refractivity contribution in [3.05, 3.63) is 70.5 Å². The molecule has 0 heterocycles. The van der Waals surface area contributed by atoms with E-state index in [9.17, 15) is 9.18 Å². The van der Waals surface area contributed by atoms with Crippen LogP contribution in [0.2, 0.25) is 5.02 Å². The predicted octanol–water partition coefficient (Wildman–Crippen LogP) is 4.46. The number of aryl methyl sites for hydroxylation is 1. The molecule has 0 fully saturated rings. The maximum absolute atomic E-state index is 12.8. The van der Waals surface area contributed by atoms with Crippen molar-refractivity contribution in [3.63, 3.8) is 0 Å². The van der Waals surface area contributed by atoms with Crippen molar-refractivity contribution in [2.75, 3.05) is 12.3 Å². The molecule has 2 rings (SSSR count). The second-order valence-corrected chi connectivity index (χ2v) is 6.62. The van der Waals surface area contributed by atoms with Crippen LogP contribution in [0.1, 0.15) is 17.5 Å². The van der Waals surface area contributed by atoms with Gasteiger partial charge in [0.05, 0.1) is 5.75 Å². The number of rotatable bonds is 8. The average molecular weight is 352 g/mol. The first-order valence-corrected chi connectivity index (χ1v) is 9.00. The van der Waals surface area contributed by atoms with Crippen LogP contribution >= 0.6 is 23.4 Å². The third-order valence-electron chi connectivity index (χ3n) is 3.27. The van der Waals surface area contributed by atoms with Gasteiger partial charge in [-0.05, 0) is 48.2 Å². The van der Waals surface area contributed by atoms with Crippen molar-refractivity contribution in [3.8, 4) is 0 Å². The number of carbonyl (C=O) groups is 1. The van der Waals surface area contributed by atoms with E-state index in [-0.39, 0.29) is 11.7 Å². The fourth-order valence-electron chi connectivity index (χ4n) is 2.11. The molecular formula is C18H19ClFNOS. The van der Waals surface area contributed by atoms with Gasteiger partial charge < -0.3 is 5.32 Å². The van der Waals surface area contributed by atoms with Gasteiger partial charge in [-0.3, -0.25) is 4.79 Å². The minimum absolute atomic E-state index is 0.0381. The van der Waals surface area contributed by atoms with Gasteiger partial charge in [0.25, 0.3) is 0 Å². The summed E-state index contributed by atoms with van der Waals surface area (Å²) in [6.45, 7) is 0.633.